The summed E-state index contributed by atoms with van der Waals surface area (Å²) < 4.78 is 12.8. The van der Waals surface area contributed by atoms with Crippen LogP contribution >= 0.6 is 0 Å². The van der Waals surface area contributed by atoms with Crippen LogP contribution in [0.4, 0.5) is 10.1 Å². The second-order valence-electron chi connectivity index (χ2n) is 5.45. The molecule has 0 spiro atoms. The van der Waals surface area contributed by atoms with Crippen molar-refractivity contribution in [2.75, 3.05) is 18.5 Å². The number of carbonyl (C=O) groups excluding carboxylic acids is 1. The first-order valence-electron chi connectivity index (χ1n) is 7.04. The molecule has 0 aliphatic rings. The maximum atomic E-state index is 12.8. The SMILES string of the molecule is Cc1cc(C)cc(N(C)CCC(=O)c2ccc(F)cc2)c1. The molecule has 3 heteroatoms. The molecule has 110 valence electrons. The van der Waals surface area contributed by atoms with E-state index in [9.17, 15) is 9.18 Å². The molecule has 2 nitrogen and oxygen atoms in total. The molecule has 2 aromatic carbocycles. The zero-order chi connectivity index (χ0) is 15.4. The van der Waals surface area contributed by atoms with Gasteiger partial charge < -0.3 is 4.90 Å². The van der Waals surface area contributed by atoms with E-state index in [2.05, 4.69) is 36.9 Å². The lowest BCUT2D eigenvalue weighted by molar-refractivity contribution is 0.0985. The predicted octanol–water partition coefficient (Wildman–Crippen LogP) is 4.15. The van der Waals surface area contributed by atoms with E-state index in [1.807, 2.05) is 7.05 Å². The lowest BCUT2D eigenvalue weighted by Crippen LogP contribution is -2.21. The zero-order valence-electron chi connectivity index (χ0n) is 12.7. The normalized spacial score (nSPS) is 10.5. The van der Waals surface area contributed by atoms with Gasteiger partial charge in [0.15, 0.2) is 5.78 Å². The van der Waals surface area contributed by atoms with Gasteiger partial charge in [-0.2, -0.15) is 0 Å². The molecule has 0 aliphatic carbocycles. The average Bonchev–Trinajstić information content (AvgIpc) is 2.44. The smallest absolute Gasteiger partial charge is 0.164 e. The van der Waals surface area contributed by atoms with E-state index in [0.717, 1.165) is 5.69 Å². The van der Waals surface area contributed by atoms with E-state index in [1.54, 1.807) is 0 Å². The number of rotatable bonds is 5. The lowest BCUT2D eigenvalue weighted by Gasteiger charge is -2.20. The number of aryl methyl sites for hydroxylation is 2. The van der Waals surface area contributed by atoms with E-state index in [1.165, 1.54) is 35.4 Å². The molecular formula is C18H20FNO. The number of halogens is 1. The van der Waals surface area contributed by atoms with Crippen LogP contribution in [0.3, 0.4) is 0 Å². The maximum Gasteiger partial charge on any atom is 0.164 e. The minimum Gasteiger partial charge on any atom is -0.374 e. The van der Waals surface area contributed by atoms with Crippen LogP contribution in [-0.4, -0.2) is 19.4 Å². The number of anilines is 1. The number of nitrogens with zero attached hydrogens (tertiary/aromatic N) is 1. The molecule has 0 atom stereocenters. The molecule has 0 saturated heterocycles. The molecule has 0 N–H and O–H groups in total. The fraction of sp³-hybridized carbons (Fsp3) is 0.278. The molecule has 0 amide bonds. The van der Waals surface area contributed by atoms with Crippen molar-refractivity contribution in [1.82, 2.24) is 0 Å². The number of hydrogen-bond donors (Lipinski definition) is 0. The van der Waals surface area contributed by atoms with Crippen LogP contribution in [0.2, 0.25) is 0 Å². The molecule has 2 aromatic rings. The Kier molecular flexibility index (Phi) is 4.73. The van der Waals surface area contributed by atoms with Gasteiger partial charge in [0.25, 0.3) is 0 Å². The van der Waals surface area contributed by atoms with Gasteiger partial charge in [-0.1, -0.05) is 6.07 Å². The minimum absolute atomic E-state index is 0.0335. The first-order chi connectivity index (χ1) is 9.95. The third-order valence-electron chi connectivity index (χ3n) is 3.49. The van der Waals surface area contributed by atoms with Crippen molar-refractivity contribution in [3.8, 4) is 0 Å². The van der Waals surface area contributed by atoms with Crippen LogP contribution in [0.1, 0.15) is 27.9 Å². The summed E-state index contributed by atoms with van der Waals surface area (Å²) in [7, 11) is 1.98. The van der Waals surface area contributed by atoms with Crippen LogP contribution in [0.15, 0.2) is 42.5 Å². The summed E-state index contributed by atoms with van der Waals surface area (Å²) >= 11 is 0. The number of hydrogen-bond acceptors (Lipinski definition) is 2. The van der Waals surface area contributed by atoms with Gasteiger partial charge >= 0.3 is 0 Å². The van der Waals surface area contributed by atoms with E-state index in [0.29, 0.717) is 18.5 Å². The molecule has 2 rings (SSSR count). The summed E-state index contributed by atoms with van der Waals surface area (Å²) in [5.41, 5.74) is 4.09. The predicted molar refractivity (Wildman–Crippen MR) is 84.5 cm³/mol. The molecule has 0 aliphatic heterocycles. The van der Waals surface area contributed by atoms with Gasteiger partial charge in [-0.05, 0) is 61.4 Å². The van der Waals surface area contributed by atoms with E-state index >= 15 is 0 Å². The standard InChI is InChI=1S/C18H20FNO/c1-13-10-14(2)12-17(11-13)20(3)9-8-18(21)15-4-6-16(19)7-5-15/h4-7,10-12H,8-9H2,1-3H3. The second-order valence-corrected chi connectivity index (χ2v) is 5.45. The van der Waals surface area contributed by atoms with Gasteiger partial charge in [0.05, 0.1) is 0 Å². The van der Waals surface area contributed by atoms with Crippen molar-refractivity contribution in [3.63, 3.8) is 0 Å². The monoisotopic (exact) mass is 285 g/mol. The van der Waals surface area contributed by atoms with Crippen molar-refractivity contribution in [2.45, 2.75) is 20.3 Å². The fourth-order valence-electron chi connectivity index (χ4n) is 2.35. The molecular weight excluding hydrogens is 265 g/mol. The largest absolute Gasteiger partial charge is 0.374 e. The Hall–Kier alpha value is -2.16. The fourth-order valence-corrected chi connectivity index (χ4v) is 2.35. The Morgan fingerprint density at radius 3 is 2.19 bits per heavy atom. The quantitative estimate of drug-likeness (QED) is 0.769. The first kappa shape index (κ1) is 15.2. The Labute approximate surface area is 125 Å². The number of ketones is 1. The summed E-state index contributed by atoms with van der Waals surface area (Å²) in [5, 5.41) is 0. The van der Waals surface area contributed by atoms with Crippen LogP contribution in [0, 0.1) is 19.7 Å². The summed E-state index contributed by atoms with van der Waals surface area (Å²) in [6.07, 6.45) is 0.412. The van der Waals surface area contributed by atoms with Crippen molar-refractivity contribution in [3.05, 3.63) is 65.0 Å². The molecule has 0 aromatic heterocycles. The van der Waals surface area contributed by atoms with E-state index < -0.39 is 0 Å². The van der Waals surface area contributed by atoms with E-state index in [4.69, 9.17) is 0 Å². The molecule has 21 heavy (non-hydrogen) atoms. The summed E-state index contributed by atoms with van der Waals surface area (Å²) in [6.45, 7) is 4.76. The van der Waals surface area contributed by atoms with Gasteiger partial charge in [0.2, 0.25) is 0 Å². The van der Waals surface area contributed by atoms with Crippen LogP contribution in [0.25, 0.3) is 0 Å². The molecule has 0 radical (unpaired) electrons. The second kappa shape index (κ2) is 6.53. The highest BCUT2D eigenvalue weighted by molar-refractivity contribution is 5.96. The Balaban J connectivity index is 1.98. The average molecular weight is 285 g/mol. The lowest BCUT2D eigenvalue weighted by atomic mass is 10.1. The summed E-state index contributed by atoms with van der Waals surface area (Å²) in [5.74, 6) is -0.287. The van der Waals surface area contributed by atoms with Crippen molar-refractivity contribution in [2.24, 2.45) is 0 Å². The van der Waals surface area contributed by atoms with Crippen molar-refractivity contribution >= 4 is 11.5 Å². The highest BCUT2D eigenvalue weighted by Gasteiger charge is 2.09. The molecule has 0 unspecified atom stereocenters. The maximum absolute atomic E-state index is 12.8. The first-order valence-corrected chi connectivity index (χ1v) is 7.04. The van der Waals surface area contributed by atoms with Gasteiger partial charge in [-0.15, -0.1) is 0 Å². The molecule has 0 bridgehead atoms. The Morgan fingerprint density at radius 1 is 1.05 bits per heavy atom. The third-order valence-corrected chi connectivity index (χ3v) is 3.49. The highest BCUT2D eigenvalue weighted by atomic mass is 19.1. The molecule has 0 saturated carbocycles. The van der Waals surface area contributed by atoms with Gasteiger partial charge in [0.1, 0.15) is 5.82 Å². The molecule has 0 heterocycles. The Morgan fingerprint density at radius 2 is 1.62 bits per heavy atom. The van der Waals surface area contributed by atoms with E-state index in [-0.39, 0.29) is 11.6 Å². The molecule has 0 fully saturated rings. The zero-order valence-corrected chi connectivity index (χ0v) is 12.7. The van der Waals surface area contributed by atoms with Gasteiger partial charge in [0, 0.05) is 31.3 Å². The summed E-state index contributed by atoms with van der Waals surface area (Å²) in [4.78, 5) is 14.1. The van der Waals surface area contributed by atoms with Crippen LogP contribution < -0.4 is 4.90 Å². The third kappa shape index (κ3) is 4.15. The minimum atomic E-state index is -0.320. The number of carbonyl (C=O) groups is 1. The Bertz CT molecular complexity index is 614. The van der Waals surface area contributed by atoms with Gasteiger partial charge in [-0.25, -0.2) is 4.39 Å². The summed E-state index contributed by atoms with van der Waals surface area (Å²) in [6, 6.07) is 12.1. The van der Waals surface area contributed by atoms with Gasteiger partial charge in [-0.3, -0.25) is 4.79 Å². The van der Waals surface area contributed by atoms with Crippen LogP contribution in [-0.2, 0) is 0 Å². The number of Topliss-reactive ketones (excluding diaryl/α,β-unsaturated/α-hetero) is 1. The van der Waals surface area contributed by atoms with Crippen molar-refractivity contribution in [1.29, 1.82) is 0 Å². The number of benzene rings is 2. The van der Waals surface area contributed by atoms with Crippen LogP contribution in [0.5, 0.6) is 0 Å². The highest BCUT2D eigenvalue weighted by Crippen LogP contribution is 2.18. The van der Waals surface area contributed by atoms with Crippen molar-refractivity contribution < 1.29 is 9.18 Å². The topological polar surface area (TPSA) is 20.3 Å².